The number of hydrogen-bond donors (Lipinski definition) is 1. The SMILES string of the molecule is C[C@H](CC(C)(C)S(N)=O)c1cc2cccc(F)c2o1. The van der Waals surface area contributed by atoms with Gasteiger partial charge in [-0.2, -0.15) is 0 Å². The van der Waals surface area contributed by atoms with Crippen LogP contribution in [0.25, 0.3) is 11.0 Å². The summed E-state index contributed by atoms with van der Waals surface area (Å²) in [6.07, 6.45) is 0.609. The Morgan fingerprint density at radius 1 is 1.47 bits per heavy atom. The number of hydrogen-bond acceptors (Lipinski definition) is 2. The van der Waals surface area contributed by atoms with Gasteiger partial charge >= 0.3 is 0 Å². The molecule has 2 aromatic rings. The fourth-order valence-electron chi connectivity index (χ4n) is 2.21. The van der Waals surface area contributed by atoms with Crippen molar-refractivity contribution in [3.05, 3.63) is 35.8 Å². The number of nitrogens with two attached hydrogens (primary N) is 1. The van der Waals surface area contributed by atoms with Gasteiger partial charge in [-0.05, 0) is 32.4 Å². The molecule has 0 fully saturated rings. The molecule has 1 aromatic heterocycles. The molecule has 0 saturated heterocycles. The molecule has 104 valence electrons. The van der Waals surface area contributed by atoms with E-state index < -0.39 is 15.7 Å². The average molecular weight is 283 g/mol. The molecule has 0 bridgehead atoms. The fraction of sp³-hybridized carbons (Fsp3) is 0.429. The van der Waals surface area contributed by atoms with Crippen molar-refractivity contribution in [2.45, 2.75) is 37.9 Å². The summed E-state index contributed by atoms with van der Waals surface area (Å²) in [5.74, 6) is 0.352. The lowest BCUT2D eigenvalue weighted by molar-refractivity contribution is 0.446. The van der Waals surface area contributed by atoms with Crippen molar-refractivity contribution in [3.63, 3.8) is 0 Å². The van der Waals surface area contributed by atoms with Crippen molar-refractivity contribution in [2.75, 3.05) is 0 Å². The monoisotopic (exact) mass is 283 g/mol. The molecule has 0 amide bonds. The third-order valence-electron chi connectivity index (χ3n) is 3.34. The van der Waals surface area contributed by atoms with Crippen LogP contribution in [0.2, 0.25) is 0 Å². The average Bonchev–Trinajstić information content (AvgIpc) is 2.73. The van der Waals surface area contributed by atoms with E-state index in [1.807, 2.05) is 32.9 Å². The largest absolute Gasteiger partial charge is 0.458 e. The van der Waals surface area contributed by atoms with E-state index >= 15 is 0 Å². The highest BCUT2D eigenvalue weighted by Crippen LogP contribution is 2.32. The van der Waals surface area contributed by atoms with Gasteiger partial charge in [0.2, 0.25) is 0 Å². The van der Waals surface area contributed by atoms with Crippen molar-refractivity contribution >= 4 is 22.0 Å². The minimum atomic E-state index is -1.41. The van der Waals surface area contributed by atoms with Crippen LogP contribution in [0.4, 0.5) is 4.39 Å². The van der Waals surface area contributed by atoms with Crippen LogP contribution in [0.15, 0.2) is 28.7 Å². The van der Waals surface area contributed by atoms with Crippen molar-refractivity contribution < 1.29 is 13.0 Å². The third-order valence-corrected chi connectivity index (χ3v) is 4.60. The van der Waals surface area contributed by atoms with Crippen LogP contribution in [0.5, 0.6) is 0 Å². The van der Waals surface area contributed by atoms with Gasteiger partial charge in [-0.1, -0.05) is 19.1 Å². The third kappa shape index (κ3) is 2.87. The van der Waals surface area contributed by atoms with Crippen LogP contribution >= 0.6 is 0 Å². The maximum absolute atomic E-state index is 13.6. The summed E-state index contributed by atoms with van der Waals surface area (Å²) in [6.45, 7) is 5.66. The van der Waals surface area contributed by atoms with Crippen LogP contribution < -0.4 is 5.14 Å². The van der Waals surface area contributed by atoms with Gasteiger partial charge in [-0.3, -0.25) is 5.14 Å². The van der Waals surface area contributed by atoms with E-state index in [1.54, 1.807) is 6.07 Å². The summed E-state index contributed by atoms with van der Waals surface area (Å²) < 4.78 is 30.1. The zero-order valence-electron chi connectivity index (χ0n) is 11.3. The smallest absolute Gasteiger partial charge is 0.169 e. The van der Waals surface area contributed by atoms with Crippen LogP contribution in [0, 0.1) is 5.82 Å². The lowest BCUT2D eigenvalue weighted by atomic mass is 9.96. The van der Waals surface area contributed by atoms with E-state index in [2.05, 4.69) is 0 Å². The molecule has 0 saturated carbocycles. The lowest BCUT2D eigenvalue weighted by Gasteiger charge is -2.23. The summed E-state index contributed by atoms with van der Waals surface area (Å²) in [5, 5.41) is 6.22. The quantitative estimate of drug-likeness (QED) is 0.934. The maximum Gasteiger partial charge on any atom is 0.169 e. The number of halogens is 1. The normalized spacial score (nSPS) is 15.6. The van der Waals surface area contributed by atoms with Gasteiger partial charge in [0, 0.05) is 11.3 Å². The van der Waals surface area contributed by atoms with Crippen molar-refractivity contribution in [1.82, 2.24) is 0 Å². The van der Waals surface area contributed by atoms with Gasteiger partial charge in [-0.25, -0.2) is 8.60 Å². The Kier molecular flexibility index (Phi) is 3.78. The predicted octanol–water partition coefficient (Wildman–Crippen LogP) is 3.47. The summed E-state index contributed by atoms with van der Waals surface area (Å²) in [7, 11) is -1.41. The molecule has 3 nitrogen and oxygen atoms in total. The van der Waals surface area contributed by atoms with E-state index in [4.69, 9.17) is 9.56 Å². The van der Waals surface area contributed by atoms with E-state index in [-0.39, 0.29) is 17.3 Å². The topological polar surface area (TPSA) is 56.2 Å². The standard InChI is InChI=1S/C14H18FNO2S/c1-9(8-14(2,3)19(16)17)12-7-10-5-4-6-11(15)13(10)18-12/h4-7,9H,8,16H2,1-3H3/t9-,19?/m1/s1. The predicted molar refractivity (Wildman–Crippen MR) is 75.6 cm³/mol. The number of fused-ring (bicyclic) bond motifs is 1. The molecule has 2 rings (SSSR count). The molecule has 0 aliphatic heterocycles. The van der Waals surface area contributed by atoms with Crippen LogP contribution in [-0.4, -0.2) is 8.96 Å². The summed E-state index contributed by atoms with van der Waals surface area (Å²) >= 11 is 0. The van der Waals surface area contributed by atoms with Crippen LogP contribution in [0.3, 0.4) is 0 Å². The number of furan rings is 1. The number of rotatable bonds is 4. The first-order valence-corrected chi connectivity index (χ1v) is 7.37. The Morgan fingerprint density at radius 2 is 2.16 bits per heavy atom. The van der Waals surface area contributed by atoms with E-state index in [0.29, 0.717) is 12.2 Å². The van der Waals surface area contributed by atoms with Crippen molar-refractivity contribution in [2.24, 2.45) is 5.14 Å². The Bertz CT molecular complexity index is 621. The van der Waals surface area contributed by atoms with Crippen LogP contribution in [-0.2, 0) is 11.0 Å². The summed E-state index contributed by atoms with van der Waals surface area (Å²) in [5.41, 5.74) is 0.274. The van der Waals surface area contributed by atoms with E-state index in [0.717, 1.165) is 5.39 Å². The Balaban J connectivity index is 2.29. The molecule has 2 atom stereocenters. The highest BCUT2D eigenvalue weighted by Gasteiger charge is 2.28. The van der Waals surface area contributed by atoms with E-state index in [1.165, 1.54) is 6.07 Å². The fourth-order valence-corrected chi connectivity index (χ4v) is 2.62. The molecule has 19 heavy (non-hydrogen) atoms. The van der Waals surface area contributed by atoms with E-state index in [9.17, 15) is 8.60 Å². The molecule has 1 aromatic carbocycles. The summed E-state index contributed by atoms with van der Waals surface area (Å²) in [4.78, 5) is 0. The van der Waals surface area contributed by atoms with Gasteiger partial charge in [-0.15, -0.1) is 0 Å². The van der Waals surface area contributed by atoms with Gasteiger partial charge in [0.1, 0.15) is 5.76 Å². The maximum atomic E-state index is 13.6. The first-order valence-electron chi connectivity index (χ1n) is 6.15. The molecule has 0 radical (unpaired) electrons. The molecule has 0 aliphatic rings. The van der Waals surface area contributed by atoms with Gasteiger partial charge in [0.15, 0.2) is 11.4 Å². The highest BCUT2D eigenvalue weighted by atomic mass is 32.2. The second-order valence-corrected chi connectivity index (χ2v) is 7.17. The number of para-hydroxylation sites is 1. The van der Waals surface area contributed by atoms with Gasteiger partial charge < -0.3 is 4.42 Å². The first kappa shape index (κ1) is 14.2. The molecular weight excluding hydrogens is 265 g/mol. The minimum Gasteiger partial charge on any atom is -0.458 e. The zero-order valence-corrected chi connectivity index (χ0v) is 12.1. The highest BCUT2D eigenvalue weighted by molar-refractivity contribution is 7.84. The zero-order chi connectivity index (χ0) is 14.2. The Morgan fingerprint density at radius 3 is 2.74 bits per heavy atom. The molecule has 0 spiro atoms. The molecular formula is C14H18FNO2S. The second kappa shape index (κ2) is 5.06. The molecule has 1 heterocycles. The second-order valence-electron chi connectivity index (χ2n) is 5.47. The Hall–Kier alpha value is -1.20. The van der Waals surface area contributed by atoms with Crippen LogP contribution in [0.1, 0.15) is 38.9 Å². The Labute approximate surface area is 114 Å². The molecule has 5 heteroatoms. The molecule has 2 N–H and O–H groups in total. The number of benzene rings is 1. The van der Waals surface area contributed by atoms with Gasteiger partial charge in [0.25, 0.3) is 0 Å². The van der Waals surface area contributed by atoms with Crippen molar-refractivity contribution in [1.29, 1.82) is 0 Å². The van der Waals surface area contributed by atoms with Gasteiger partial charge in [0.05, 0.1) is 15.7 Å². The molecule has 1 unspecified atom stereocenters. The molecule has 0 aliphatic carbocycles. The lowest BCUT2D eigenvalue weighted by Crippen LogP contribution is -2.33. The summed E-state index contributed by atoms with van der Waals surface area (Å²) in [6, 6.07) is 6.67. The first-order chi connectivity index (χ1) is 8.81. The van der Waals surface area contributed by atoms with Crippen molar-refractivity contribution in [3.8, 4) is 0 Å². The minimum absolute atomic E-state index is 0.0225.